The van der Waals surface area contributed by atoms with Gasteiger partial charge in [0.05, 0.1) is 10.6 Å². The first-order chi connectivity index (χ1) is 19.2. The molecule has 2 N–H and O–H groups in total. The lowest BCUT2D eigenvalue weighted by Gasteiger charge is -2.43. The van der Waals surface area contributed by atoms with E-state index in [1.807, 2.05) is 0 Å². The normalized spacial score (nSPS) is 16.8. The zero-order valence-electron chi connectivity index (χ0n) is 22.6. The van der Waals surface area contributed by atoms with Crippen molar-refractivity contribution in [2.24, 2.45) is 18.9 Å². The summed E-state index contributed by atoms with van der Waals surface area (Å²) in [5.74, 6) is 1.20. The SMILES string of the molecule is Cn1cc(-c2cc(S(C)(=O)=O)ccc2Oc2cccc(N3CC(CC4CCNCC4)C3)c2F)c2cc[nH]c2c1=O. The fraction of sp³-hybridized carbons (Fsp3) is 0.367. The Bertz CT molecular complexity index is 1730. The first-order valence-corrected chi connectivity index (χ1v) is 15.5. The summed E-state index contributed by atoms with van der Waals surface area (Å²) in [7, 11) is -1.91. The maximum atomic E-state index is 15.8. The van der Waals surface area contributed by atoms with Gasteiger partial charge >= 0.3 is 0 Å². The van der Waals surface area contributed by atoms with E-state index in [9.17, 15) is 13.2 Å². The fourth-order valence-electron chi connectivity index (χ4n) is 5.97. The molecule has 2 saturated heterocycles. The molecule has 2 aromatic carbocycles. The molecule has 2 aliphatic rings. The summed E-state index contributed by atoms with van der Waals surface area (Å²) in [6.45, 7) is 3.80. The van der Waals surface area contributed by atoms with E-state index in [0.717, 1.165) is 38.4 Å². The first-order valence-electron chi connectivity index (χ1n) is 13.6. The van der Waals surface area contributed by atoms with E-state index >= 15 is 4.39 Å². The largest absolute Gasteiger partial charge is 0.454 e. The van der Waals surface area contributed by atoms with Crippen LogP contribution in [0.4, 0.5) is 10.1 Å². The molecule has 4 heterocycles. The maximum absolute atomic E-state index is 15.8. The monoisotopic (exact) mass is 564 g/mol. The van der Waals surface area contributed by atoms with Gasteiger partial charge in [0.25, 0.3) is 5.56 Å². The van der Waals surface area contributed by atoms with Crippen LogP contribution in [0.2, 0.25) is 0 Å². The van der Waals surface area contributed by atoms with Gasteiger partial charge in [-0.3, -0.25) is 4.79 Å². The quantitative estimate of drug-likeness (QED) is 0.338. The first kappa shape index (κ1) is 26.6. The molecular weight excluding hydrogens is 531 g/mol. The van der Waals surface area contributed by atoms with Gasteiger partial charge in [0.15, 0.2) is 21.4 Å². The second-order valence-electron chi connectivity index (χ2n) is 11.0. The standard InChI is InChI=1S/C30H33FN4O4S/c1-34-18-24(22-10-13-33-29(22)30(34)36)23-15-21(40(2,37)38)6-7-26(23)39-27-5-3-4-25(28(27)31)35-16-20(17-35)14-19-8-11-32-12-9-19/h3-7,10,13,15,18-20,32-33H,8-9,11-12,14,16-17H2,1-2H3. The predicted molar refractivity (Wildman–Crippen MR) is 154 cm³/mol. The van der Waals surface area contributed by atoms with Gasteiger partial charge in [-0.1, -0.05) is 6.07 Å². The molecule has 40 heavy (non-hydrogen) atoms. The number of ether oxygens (including phenoxy) is 1. The molecule has 10 heteroatoms. The van der Waals surface area contributed by atoms with Gasteiger partial charge in [0, 0.05) is 55.3 Å². The number of rotatable bonds is 7. The van der Waals surface area contributed by atoms with Crippen molar-refractivity contribution in [1.29, 1.82) is 0 Å². The minimum atomic E-state index is -3.54. The lowest BCUT2D eigenvalue weighted by molar-refractivity contribution is 0.265. The lowest BCUT2D eigenvalue weighted by atomic mass is 9.84. The summed E-state index contributed by atoms with van der Waals surface area (Å²) < 4.78 is 48.2. The Labute approximate surface area is 232 Å². The minimum absolute atomic E-state index is 0.0581. The van der Waals surface area contributed by atoms with Crippen molar-refractivity contribution in [3.8, 4) is 22.6 Å². The summed E-state index contributed by atoms with van der Waals surface area (Å²) in [4.78, 5) is 17.8. The van der Waals surface area contributed by atoms with Crippen LogP contribution in [0.5, 0.6) is 11.5 Å². The summed E-state index contributed by atoms with van der Waals surface area (Å²) in [5, 5.41) is 4.03. The van der Waals surface area contributed by atoms with Crippen LogP contribution < -0.4 is 20.5 Å². The van der Waals surface area contributed by atoms with Gasteiger partial charge in [0.1, 0.15) is 11.3 Å². The minimum Gasteiger partial charge on any atom is -0.454 e. The Balaban J connectivity index is 1.32. The average molecular weight is 565 g/mol. The number of benzene rings is 2. The van der Waals surface area contributed by atoms with Gasteiger partial charge in [-0.25, -0.2) is 12.8 Å². The Kier molecular flexibility index (Phi) is 6.92. The Morgan fingerprint density at radius 1 is 1.02 bits per heavy atom. The predicted octanol–water partition coefficient (Wildman–Crippen LogP) is 4.69. The molecule has 2 aliphatic heterocycles. The number of hydrogen-bond acceptors (Lipinski definition) is 6. The molecule has 0 atom stereocenters. The molecule has 2 fully saturated rings. The number of hydrogen-bond donors (Lipinski definition) is 2. The van der Waals surface area contributed by atoms with Crippen LogP contribution >= 0.6 is 0 Å². The second-order valence-corrected chi connectivity index (χ2v) is 13.1. The average Bonchev–Trinajstić information content (AvgIpc) is 3.40. The highest BCUT2D eigenvalue weighted by Gasteiger charge is 2.32. The molecule has 2 aromatic heterocycles. The molecule has 0 radical (unpaired) electrons. The molecule has 210 valence electrons. The van der Waals surface area contributed by atoms with E-state index in [1.54, 1.807) is 49.8 Å². The lowest BCUT2D eigenvalue weighted by Crippen LogP contribution is -2.48. The molecule has 0 spiro atoms. The van der Waals surface area contributed by atoms with E-state index in [2.05, 4.69) is 15.2 Å². The Morgan fingerprint density at radius 3 is 2.55 bits per heavy atom. The number of halogens is 1. The van der Waals surface area contributed by atoms with Crippen molar-refractivity contribution >= 4 is 26.4 Å². The van der Waals surface area contributed by atoms with Crippen molar-refractivity contribution < 1.29 is 17.5 Å². The number of nitrogens with zero attached hydrogens (tertiary/aromatic N) is 2. The summed E-state index contributed by atoms with van der Waals surface area (Å²) in [5.41, 5.74) is 1.72. The molecule has 6 rings (SSSR count). The molecule has 8 nitrogen and oxygen atoms in total. The summed E-state index contributed by atoms with van der Waals surface area (Å²) in [6.07, 6.45) is 8.03. The number of anilines is 1. The Morgan fingerprint density at radius 2 is 1.80 bits per heavy atom. The van der Waals surface area contributed by atoms with Gasteiger partial charge in [0.2, 0.25) is 0 Å². The third kappa shape index (κ3) is 5.01. The Hall–Kier alpha value is -3.63. The topological polar surface area (TPSA) is 96.4 Å². The number of aryl methyl sites for hydroxylation is 1. The number of piperidine rings is 1. The number of sulfone groups is 1. The van der Waals surface area contributed by atoms with Gasteiger partial charge in [-0.15, -0.1) is 0 Å². The van der Waals surface area contributed by atoms with Gasteiger partial charge < -0.3 is 24.5 Å². The zero-order valence-corrected chi connectivity index (χ0v) is 23.4. The number of aromatic nitrogens is 2. The molecular formula is C30H33FN4O4S. The van der Waals surface area contributed by atoms with Crippen LogP contribution in [0.1, 0.15) is 19.3 Å². The van der Waals surface area contributed by atoms with E-state index in [0.29, 0.717) is 33.6 Å². The second kappa shape index (κ2) is 10.4. The summed E-state index contributed by atoms with van der Waals surface area (Å²) in [6, 6.07) is 11.4. The van der Waals surface area contributed by atoms with Gasteiger partial charge in [-0.2, -0.15) is 0 Å². The molecule has 0 amide bonds. The molecule has 0 saturated carbocycles. The molecule has 0 unspecified atom stereocenters. The van der Waals surface area contributed by atoms with Crippen LogP contribution in [0.3, 0.4) is 0 Å². The third-order valence-electron chi connectivity index (χ3n) is 8.15. The number of H-pyrrole nitrogens is 1. The zero-order chi connectivity index (χ0) is 28.0. The number of nitrogens with one attached hydrogen (secondary N) is 2. The van der Waals surface area contributed by atoms with Crippen LogP contribution in [0, 0.1) is 17.7 Å². The van der Waals surface area contributed by atoms with Crippen LogP contribution in [-0.4, -0.2) is 50.4 Å². The number of pyridine rings is 1. The highest BCUT2D eigenvalue weighted by molar-refractivity contribution is 7.90. The van der Waals surface area contributed by atoms with Crippen molar-refractivity contribution in [1.82, 2.24) is 14.9 Å². The van der Waals surface area contributed by atoms with E-state index in [1.165, 1.54) is 36.0 Å². The highest BCUT2D eigenvalue weighted by Crippen LogP contribution is 2.41. The fourth-order valence-corrected chi connectivity index (χ4v) is 6.62. The van der Waals surface area contributed by atoms with Crippen molar-refractivity contribution in [2.45, 2.75) is 24.2 Å². The van der Waals surface area contributed by atoms with Crippen LogP contribution in [0.15, 0.2) is 64.5 Å². The van der Waals surface area contributed by atoms with Crippen LogP contribution in [-0.2, 0) is 16.9 Å². The van der Waals surface area contributed by atoms with Crippen LogP contribution in [0.25, 0.3) is 22.0 Å². The molecule has 4 aromatic rings. The van der Waals surface area contributed by atoms with E-state index in [4.69, 9.17) is 4.74 Å². The number of fused-ring (bicyclic) bond motifs is 1. The molecule has 0 bridgehead atoms. The van der Waals surface area contributed by atoms with Crippen molar-refractivity contribution in [2.75, 3.05) is 37.3 Å². The maximum Gasteiger partial charge on any atom is 0.274 e. The highest BCUT2D eigenvalue weighted by atomic mass is 32.2. The third-order valence-corrected chi connectivity index (χ3v) is 9.26. The summed E-state index contributed by atoms with van der Waals surface area (Å²) >= 11 is 0. The van der Waals surface area contributed by atoms with Crippen molar-refractivity contribution in [3.63, 3.8) is 0 Å². The smallest absolute Gasteiger partial charge is 0.274 e. The van der Waals surface area contributed by atoms with E-state index < -0.39 is 15.7 Å². The molecule has 0 aliphatic carbocycles. The van der Waals surface area contributed by atoms with Gasteiger partial charge in [-0.05, 0) is 80.6 Å². The van der Waals surface area contributed by atoms with E-state index in [-0.39, 0.29) is 22.0 Å². The number of aromatic amines is 1. The van der Waals surface area contributed by atoms with Crippen molar-refractivity contribution in [3.05, 3.63) is 71.0 Å².